The topological polar surface area (TPSA) is 81.2 Å². The minimum absolute atomic E-state index is 0.0727. The van der Waals surface area contributed by atoms with Crippen molar-refractivity contribution in [3.05, 3.63) is 46.9 Å². The molecule has 0 fully saturated rings. The number of hydrogen-bond acceptors (Lipinski definition) is 4. The molecule has 0 aliphatic carbocycles. The van der Waals surface area contributed by atoms with E-state index in [1.54, 1.807) is 10.7 Å². The molecule has 0 spiro atoms. The Labute approximate surface area is 114 Å². The maximum absolute atomic E-state index is 10.8. The Morgan fingerprint density at radius 2 is 2.05 bits per heavy atom. The lowest BCUT2D eigenvalue weighted by atomic mass is 10.1. The molecule has 0 saturated heterocycles. The first-order chi connectivity index (χ1) is 9.54. The van der Waals surface area contributed by atoms with Crippen LogP contribution in [0.4, 0.5) is 0 Å². The van der Waals surface area contributed by atoms with Crippen molar-refractivity contribution >= 4 is 17.0 Å². The van der Waals surface area contributed by atoms with Gasteiger partial charge in [-0.15, -0.1) is 5.10 Å². The molecule has 1 aromatic carbocycles. The minimum atomic E-state index is -1.08. The van der Waals surface area contributed by atoms with Crippen LogP contribution in [0.3, 0.4) is 0 Å². The molecule has 6 heteroatoms. The number of aromatic carboxylic acids is 1. The van der Waals surface area contributed by atoms with Crippen molar-refractivity contribution in [2.45, 2.75) is 20.4 Å². The van der Waals surface area contributed by atoms with Gasteiger partial charge in [0.05, 0.1) is 5.52 Å². The van der Waals surface area contributed by atoms with Crippen molar-refractivity contribution in [2.75, 3.05) is 0 Å². The molecule has 20 heavy (non-hydrogen) atoms. The summed E-state index contributed by atoms with van der Waals surface area (Å²) < 4.78 is 6.93. The van der Waals surface area contributed by atoms with Crippen molar-refractivity contribution in [1.29, 1.82) is 0 Å². The first-order valence-corrected chi connectivity index (χ1v) is 6.17. The second-order valence-corrected chi connectivity index (χ2v) is 4.74. The number of benzene rings is 1. The van der Waals surface area contributed by atoms with Gasteiger partial charge >= 0.3 is 5.97 Å². The number of rotatable bonds is 3. The number of carboxylic acid groups (broad SMARTS) is 1. The van der Waals surface area contributed by atoms with Gasteiger partial charge in [-0.3, -0.25) is 0 Å². The van der Waals surface area contributed by atoms with Crippen molar-refractivity contribution in [2.24, 2.45) is 0 Å². The average Bonchev–Trinajstić information content (AvgIpc) is 3.00. The molecule has 0 unspecified atom stereocenters. The third-order valence-electron chi connectivity index (χ3n) is 3.31. The maximum atomic E-state index is 10.8. The van der Waals surface area contributed by atoms with Crippen LogP contribution in [0.25, 0.3) is 11.0 Å². The quantitative estimate of drug-likeness (QED) is 0.791. The zero-order chi connectivity index (χ0) is 14.3. The first kappa shape index (κ1) is 12.4. The maximum Gasteiger partial charge on any atom is 0.371 e. The number of carboxylic acids is 1. The number of aryl methyl sites for hydroxylation is 2. The molecular weight excluding hydrogens is 258 g/mol. The highest BCUT2D eigenvalue weighted by Gasteiger charge is 2.12. The highest BCUT2D eigenvalue weighted by molar-refractivity contribution is 5.84. The highest BCUT2D eigenvalue weighted by atomic mass is 16.4. The predicted molar refractivity (Wildman–Crippen MR) is 71.8 cm³/mol. The Morgan fingerprint density at radius 3 is 2.75 bits per heavy atom. The van der Waals surface area contributed by atoms with Crippen LogP contribution in [-0.2, 0) is 6.54 Å². The van der Waals surface area contributed by atoms with Crippen LogP contribution < -0.4 is 0 Å². The molecule has 0 amide bonds. The molecule has 0 aliphatic rings. The number of aromatic nitrogens is 3. The minimum Gasteiger partial charge on any atom is -0.475 e. The van der Waals surface area contributed by atoms with Gasteiger partial charge in [0, 0.05) is 0 Å². The smallest absolute Gasteiger partial charge is 0.371 e. The summed E-state index contributed by atoms with van der Waals surface area (Å²) in [6, 6.07) is 7.08. The van der Waals surface area contributed by atoms with Gasteiger partial charge in [-0.1, -0.05) is 5.21 Å². The molecule has 3 aromatic rings. The first-order valence-electron chi connectivity index (χ1n) is 6.17. The molecule has 2 heterocycles. The molecule has 2 aromatic heterocycles. The van der Waals surface area contributed by atoms with Crippen LogP contribution in [0.2, 0.25) is 0 Å². The van der Waals surface area contributed by atoms with Crippen molar-refractivity contribution in [3.8, 4) is 0 Å². The summed E-state index contributed by atoms with van der Waals surface area (Å²) >= 11 is 0. The van der Waals surface area contributed by atoms with Gasteiger partial charge in [-0.2, -0.15) is 0 Å². The Balaban J connectivity index is 1.98. The molecule has 6 nitrogen and oxygen atoms in total. The van der Waals surface area contributed by atoms with Gasteiger partial charge in [0.15, 0.2) is 0 Å². The molecule has 1 N–H and O–H groups in total. The summed E-state index contributed by atoms with van der Waals surface area (Å²) in [5.41, 5.74) is 4.04. The number of carbonyl (C=O) groups is 1. The Hall–Kier alpha value is -2.63. The summed E-state index contributed by atoms with van der Waals surface area (Å²) in [6.45, 7) is 4.41. The molecule has 0 aliphatic heterocycles. The van der Waals surface area contributed by atoms with E-state index in [1.807, 2.05) is 26.0 Å². The van der Waals surface area contributed by atoms with Gasteiger partial charge in [0.25, 0.3) is 0 Å². The van der Waals surface area contributed by atoms with Crippen LogP contribution in [0.5, 0.6) is 0 Å². The van der Waals surface area contributed by atoms with Crippen LogP contribution in [0.1, 0.15) is 27.4 Å². The number of hydrogen-bond donors (Lipinski definition) is 1. The largest absolute Gasteiger partial charge is 0.475 e. The summed E-state index contributed by atoms with van der Waals surface area (Å²) in [7, 11) is 0. The highest BCUT2D eigenvalue weighted by Crippen LogP contribution is 2.18. The van der Waals surface area contributed by atoms with Gasteiger partial charge in [0.2, 0.25) is 5.76 Å². The number of fused-ring (bicyclic) bond motifs is 1. The van der Waals surface area contributed by atoms with Crippen molar-refractivity contribution < 1.29 is 14.3 Å². The predicted octanol–water partition coefficient (Wildman–Crippen LogP) is 2.39. The lowest BCUT2D eigenvalue weighted by molar-refractivity contribution is 0.0660. The molecule has 0 bridgehead atoms. The second kappa shape index (κ2) is 4.48. The Kier molecular flexibility index (Phi) is 2.78. The summed E-state index contributed by atoms with van der Waals surface area (Å²) in [4.78, 5) is 10.8. The molecule has 0 atom stereocenters. The second-order valence-electron chi connectivity index (χ2n) is 4.74. The SMILES string of the molecule is Cc1cc2nnn(Cc3ccc(C(=O)O)o3)c2cc1C. The lowest BCUT2D eigenvalue weighted by Gasteiger charge is -2.02. The van der Waals surface area contributed by atoms with E-state index in [4.69, 9.17) is 9.52 Å². The van der Waals surface area contributed by atoms with E-state index in [1.165, 1.54) is 6.07 Å². The summed E-state index contributed by atoms with van der Waals surface area (Å²) in [6.07, 6.45) is 0. The monoisotopic (exact) mass is 271 g/mol. The fourth-order valence-electron chi connectivity index (χ4n) is 2.07. The van der Waals surface area contributed by atoms with E-state index in [-0.39, 0.29) is 5.76 Å². The van der Waals surface area contributed by atoms with Gasteiger partial charge in [0.1, 0.15) is 17.8 Å². The standard InChI is InChI=1S/C14H13N3O3/c1-8-5-11-12(6-9(8)2)17(16-15-11)7-10-3-4-13(20-10)14(18)19/h3-6H,7H2,1-2H3,(H,18,19). The molecule has 102 valence electrons. The number of nitrogens with zero attached hydrogens (tertiary/aromatic N) is 3. The summed E-state index contributed by atoms with van der Waals surface area (Å²) in [5.74, 6) is -0.616. The van der Waals surface area contributed by atoms with E-state index in [0.717, 1.165) is 22.2 Å². The average molecular weight is 271 g/mol. The van der Waals surface area contributed by atoms with Crippen molar-refractivity contribution in [3.63, 3.8) is 0 Å². The molecule has 0 saturated carbocycles. The van der Waals surface area contributed by atoms with E-state index < -0.39 is 5.97 Å². The van der Waals surface area contributed by atoms with Crippen LogP contribution in [0, 0.1) is 13.8 Å². The fourth-order valence-corrected chi connectivity index (χ4v) is 2.07. The van der Waals surface area contributed by atoms with Gasteiger partial charge in [-0.05, 0) is 49.2 Å². The van der Waals surface area contributed by atoms with Gasteiger partial charge < -0.3 is 9.52 Å². The molecule has 0 radical (unpaired) electrons. The third-order valence-corrected chi connectivity index (χ3v) is 3.31. The van der Waals surface area contributed by atoms with Crippen molar-refractivity contribution in [1.82, 2.24) is 15.0 Å². The van der Waals surface area contributed by atoms with Crippen LogP contribution in [-0.4, -0.2) is 26.1 Å². The van der Waals surface area contributed by atoms with Crippen LogP contribution in [0.15, 0.2) is 28.7 Å². The normalized spacial score (nSPS) is 11.1. The van der Waals surface area contributed by atoms with Crippen LogP contribution >= 0.6 is 0 Å². The summed E-state index contributed by atoms with van der Waals surface area (Å²) in [5, 5.41) is 17.0. The van der Waals surface area contributed by atoms with E-state index in [0.29, 0.717) is 12.3 Å². The fraction of sp³-hybridized carbons (Fsp3) is 0.214. The zero-order valence-corrected chi connectivity index (χ0v) is 11.1. The molecule has 3 rings (SSSR count). The molecular formula is C14H13N3O3. The third kappa shape index (κ3) is 2.05. The van der Waals surface area contributed by atoms with E-state index in [9.17, 15) is 4.79 Å². The van der Waals surface area contributed by atoms with Gasteiger partial charge in [-0.25, -0.2) is 9.48 Å². The lowest BCUT2D eigenvalue weighted by Crippen LogP contribution is -2.01. The Morgan fingerprint density at radius 1 is 1.30 bits per heavy atom. The van der Waals surface area contributed by atoms with E-state index >= 15 is 0 Å². The Bertz CT molecular complexity index is 801. The number of furan rings is 1. The van der Waals surface area contributed by atoms with E-state index in [2.05, 4.69) is 10.3 Å². The zero-order valence-electron chi connectivity index (χ0n) is 11.1.